The number of rotatable bonds is 6. The molecule has 0 saturated heterocycles. The Labute approximate surface area is 100 Å². The second-order valence-electron chi connectivity index (χ2n) is 3.83. The Morgan fingerprint density at radius 1 is 1.50 bits per heavy atom. The van der Waals surface area contributed by atoms with Gasteiger partial charge in [0, 0.05) is 30.4 Å². The maximum Gasteiger partial charge on any atom is 0.0489 e. The van der Waals surface area contributed by atoms with Gasteiger partial charge in [0.2, 0.25) is 0 Å². The van der Waals surface area contributed by atoms with E-state index in [9.17, 15) is 0 Å². The van der Waals surface area contributed by atoms with Crippen molar-refractivity contribution in [1.29, 1.82) is 0 Å². The number of hydrogen-bond acceptors (Lipinski definition) is 3. The van der Waals surface area contributed by atoms with Crippen molar-refractivity contribution in [2.45, 2.75) is 26.4 Å². The van der Waals surface area contributed by atoms with E-state index in [4.69, 9.17) is 0 Å². The zero-order valence-corrected chi connectivity index (χ0v) is 10.3. The molecule has 0 bridgehead atoms. The number of nitrogens with zero attached hydrogens (tertiary/aromatic N) is 2. The second kappa shape index (κ2) is 5.82. The van der Waals surface area contributed by atoms with Crippen LogP contribution in [-0.2, 0) is 13.1 Å². The Morgan fingerprint density at radius 3 is 3.12 bits per heavy atom. The summed E-state index contributed by atoms with van der Waals surface area (Å²) in [4.78, 5) is 1.44. The molecular weight excluding hydrogens is 218 g/mol. The van der Waals surface area contributed by atoms with Crippen molar-refractivity contribution in [2.24, 2.45) is 0 Å². The molecule has 3 nitrogen and oxygen atoms in total. The molecule has 2 aromatic heterocycles. The van der Waals surface area contributed by atoms with E-state index in [0.29, 0.717) is 0 Å². The standard InChI is InChI=1S/C12H17N3S/c1-11-4-9-16-12(11)10-13-5-2-7-15-8-3-6-14-15/h3-4,6,8-9,13H,2,5,7,10H2,1H3. The lowest BCUT2D eigenvalue weighted by molar-refractivity contribution is 0.544. The number of thiophene rings is 1. The van der Waals surface area contributed by atoms with Gasteiger partial charge in [-0.2, -0.15) is 5.10 Å². The summed E-state index contributed by atoms with van der Waals surface area (Å²) in [5.74, 6) is 0. The molecule has 2 rings (SSSR count). The summed E-state index contributed by atoms with van der Waals surface area (Å²) in [5.41, 5.74) is 1.39. The van der Waals surface area contributed by atoms with E-state index in [-0.39, 0.29) is 0 Å². The summed E-state index contributed by atoms with van der Waals surface area (Å²) >= 11 is 1.83. The maximum atomic E-state index is 4.17. The Morgan fingerprint density at radius 2 is 2.44 bits per heavy atom. The van der Waals surface area contributed by atoms with Crippen molar-refractivity contribution < 1.29 is 0 Å². The van der Waals surface area contributed by atoms with E-state index >= 15 is 0 Å². The highest BCUT2D eigenvalue weighted by molar-refractivity contribution is 7.10. The van der Waals surface area contributed by atoms with Crippen molar-refractivity contribution in [2.75, 3.05) is 6.54 Å². The quantitative estimate of drug-likeness (QED) is 0.779. The molecule has 1 N–H and O–H groups in total. The van der Waals surface area contributed by atoms with Gasteiger partial charge in [-0.1, -0.05) is 0 Å². The van der Waals surface area contributed by atoms with E-state index in [1.807, 2.05) is 34.5 Å². The first-order valence-electron chi connectivity index (χ1n) is 5.57. The van der Waals surface area contributed by atoms with E-state index in [2.05, 4.69) is 28.8 Å². The number of hydrogen-bond donors (Lipinski definition) is 1. The van der Waals surface area contributed by atoms with Crippen LogP contribution in [0.2, 0.25) is 0 Å². The SMILES string of the molecule is Cc1ccsc1CNCCCn1cccn1. The molecule has 0 aliphatic carbocycles. The van der Waals surface area contributed by atoms with Crippen LogP contribution in [0, 0.1) is 6.92 Å². The van der Waals surface area contributed by atoms with Crippen molar-refractivity contribution in [3.8, 4) is 0 Å². The largest absolute Gasteiger partial charge is 0.312 e. The van der Waals surface area contributed by atoms with Gasteiger partial charge in [-0.05, 0) is 43.0 Å². The van der Waals surface area contributed by atoms with Gasteiger partial charge in [0.05, 0.1) is 0 Å². The van der Waals surface area contributed by atoms with Crippen LogP contribution in [-0.4, -0.2) is 16.3 Å². The van der Waals surface area contributed by atoms with Gasteiger partial charge in [0.25, 0.3) is 0 Å². The molecule has 0 aliphatic heterocycles. The van der Waals surface area contributed by atoms with Gasteiger partial charge >= 0.3 is 0 Å². The minimum atomic E-state index is 0.989. The van der Waals surface area contributed by atoms with Gasteiger partial charge in [0.15, 0.2) is 0 Å². The average Bonchev–Trinajstić information content (AvgIpc) is 2.90. The third-order valence-electron chi connectivity index (χ3n) is 2.55. The highest BCUT2D eigenvalue weighted by Gasteiger charge is 1.98. The third-order valence-corrected chi connectivity index (χ3v) is 3.58. The molecule has 2 heterocycles. The van der Waals surface area contributed by atoms with Gasteiger partial charge < -0.3 is 5.32 Å². The molecule has 16 heavy (non-hydrogen) atoms. The van der Waals surface area contributed by atoms with Crippen LogP contribution in [0.3, 0.4) is 0 Å². The van der Waals surface area contributed by atoms with Gasteiger partial charge in [-0.25, -0.2) is 0 Å². The van der Waals surface area contributed by atoms with Crippen LogP contribution < -0.4 is 5.32 Å². The van der Waals surface area contributed by atoms with Crippen LogP contribution >= 0.6 is 11.3 Å². The molecule has 0 spiro atoms. The van der Waals surface area contributed by atoms with Crippen LogP contribution in [0.4, 0.5) is 0 Å². The number of aromatic nitrogens is 2. The molecule has 0 radical (unpaired) electrons. The van der Waals surface area contributed by atoms with E-state index in [0.717, 1.165) is 26.1 Å². The first-order chi connectivity index (χ1) is 7.86. The lowest BCUT2D eigenvalue weighted by Gasteiger charge is -2.04. The minimum Gasteiger partial charge on any atom is -0.312 e. The summed E-state index contributed by atoms with van der Waals surface area (Å²) in [7, 11) is 0. The van der Waals surface area contributed by atoms with Crippen molar-refractivity contribution >= 4 is 11.3 Å². The maximum absolute atomic E-state index is 4.17. The minimum absolute atomic E-state index is 0.989. The number of aryl methyl sites for hydroxylation is 2. The smallest absolute Gasteiger partial charge is 0.0489 e. The molecule has 0 saturated carbocycles. The summed E-state index contributed by atoms with van der Waals surface area (Å²) in [6, 6.07) is 4.13. The van der Waals surface area contributed by atoms with Crippen LogP contribution in [0.15, 0.2) is 29.9 Å². The third kappa shape index (κ3) is 3.18. The fourth-order valence-corrected chi connectivity index (χ4v) is 2.46. The monoisotopic (exact) mass is 235 g/mol. The van der Waals surface area contributed by atoms with Crippen LogP contribution in [0.5, 0.6) is 0 Å². The molecule has 4 heteroatoms. The van der Waals surface area contributed by atoms with Gasteiger partial charge in [-0.3, -0.25) is 4.68 Å². The highest BCUT2D eigenvalue weighted by atomic mass is 32.1. The van der Waals surface area contributed by atoms with E-state index in [1.165, 1.54) is 10.4 Å². The van der Waals surface area contributed by atoms with E-state index in [1.54, 1.807) is 0 Å². The predicted octanol–water partition coefficient (Wildman–Crippen LogP) is 2.43. The Balaban J connectivity index is 1.61. The van der Waals surface area contributed by atoms with Crippen molar-refractivity contribution in [3.05, 3.63) is 40.3 Å². The molecule has 0 aromatic carbocycles. The average molecular weight is 235 g/mol. The fraction of sp³-hybridized carbons (Fsp3) is 0.417. The molecule has 0 amide bonds. The van der Waals surface area contributed by atoms with Crippen LogP contribution in [0.1, 0.15) is 16.9 Å². The molecule has 0 unspecified atom stereocenters. The predicted molar refractivity (Wildman–Crippen MR) is 67.6 cm³/mol. The molecule has 2 aromatic rings. The first kappa shape index (κ1) is 11.4. The molecule has 86 valence electrons. The summed E-state index contributed by atoms with van der Waals surface area (Å²) in [5, 5.41) is 9.78. The summed E-state index contributed by atoms with van der Waals surface area (Å²) in [6.45, 7) is 5.18. The zero-order chi connectivity index (χ0) is 11.2. The molecule has 0 atom stereocenters. The van der Waals surface area contributed by atoms with Gasteiger partial charge in [-0.15, -0.1) is 11.3 Å². The van der Waals surface area contributed by atoms with Crippen molar-refractivity contribution in [1.82, 2.24) is 15.1 Å². The van der Waals surface area contributed by atoms with Gasteiger partial charge in [0.1, 0.15) is 0 Å². The lowest BCUT2D eigenvalue weighted by atomic mass is 10.3. The van der Waals surface area contributed by atoms with Crippen molar-refractivity contribution in [3.63, 3.8) is 0 Å². The first-order valence-corrected chi connectivity index (χ1v) is 6.45. The lowest BCUT2D eigenvalue weighted by Crippen LogP contribution is -2.16. The number of nitrogens with one attached hydrogen (secondary N) is 1. The molecule has 0 aliphatic rings. The zero-order valence-electron chi connectivity index (χ0n) is 9.52. The Bertz CT molecular complexity index is 406. The Hall–Kier alpha value is -1.13. The normalized spacial score (nSPS) is 10.8. The summed E-state index contributed by atoms with van der Waals surface area (Å²) in [6.07, 6.45) is 4.94. The highest BCUT2D eigenvalue weighted by Crippen LogP contribution is 2.14. The second-order valence-corrected chi connectivity index (χ2v) is 4.83. The fourth-order valence-electron chi connectivity index (χ4n) is 1.59. The van der Waals surface area contributed by atoms with E-state index < -0.39 is 0 Å². The topological polar surface area (TPSA) is 29.9 Å². The van der Waals surface area contributed by atoms with Crippen LogP contribution in [0.25, 0.3) is 0 Å². The Kier molecular flexibility index (Phi) is 4.13. The summed E-state index contributed by atoms with van der Waals surface area (Å²) < 4.78 is 1.97. The molecular formula is C12H17N3S. The molecule has 0 fully saturated rings.